The number of Topliss-reactive ketones (excluding diaryl/α,β-unsaturated/α-hetero) is 1. The first-order chi connectivity index (χ1) is 13.9. The normalized spacial score (nSPS) is 11.2. The minimum Gasteiger partial charge on any atom is -0.497 e. The zero-order valence-electron chi connectivity index (χ0n) is 15.8. The van der Waals surface area contributed by atoms with Crippen molar-refractivity contribution in [2.24, 2.45) is 0 Å². The predicted molar refractivity (Wildman–Crippen MR) is 111 cm³/mol. The molecule has 3 aromatic rings. The molecule has 0 saturated heterocycles. The van der Waals surface area contributed by atoms with E-state index in [0.717, 1.165) is 11.8 Å². The van der Waals surface area contributed by atoms with Gasteiger partial charge in [0.05, 0.1) is 18.6 Å². The van der Waals surface area contributed by atoms with Crippen LogP contribution < -0.4 is 9.46 Å². The Kier molecular flexibility index (Phi) is 6.55. The van der Waals surface area contributed by atoms with Gasteiger partial charge >= 0.3 is 0 Å². The lowest BCUT2D eigenvalue weighted by atomic mass is 10.1. The fourth-order valence-corrected chi connectivity index (χ4v) is 3.60. The van der Waals surface area contributed by atoms with Crippen molar-refractivity contribution in [3.05, 3.63) is 54.1 Å². The van der Waals surface area contributed by atoms with Gasteiger partial charge in [-0.05, 0) is 55.5 Å². The molecule has 8 nitrogen and oxygen atoms in total. The van der Waals surface area contributed by atoms with E-state index in [-0.39, 0.29) is 28.4 Å². The maximum Gasteiger partial charge on any atom is 0.277 e. The van der Waals surface area contributed by atoms with Crippen molar-refractivity contribution in [1.82, 2.24) is 10.2 Å². The second-order valence-corrected chi connectivity index (χ2v) is 8.83. The number of thioether (sulfide) groups is 1. The molecule has 0 unspecified atom stereocenters. The Balaban J connectivity index is 1.60. The van der Waals surface area contributed by atoms with Gasteiger partial charge in [-0.2, -0.15) is 0 Å². The molecule has 0 aliphatic rings. The minimum absolute atomic E-state index is 0.00571. The van der Waals surface area contributed by atoms with Crippen molar-refractivity contribution < 1.29 is 22.4 Å². The summed E-state index contributed by atoms with van der Waals surface area (Å²) < 4.78 is 36.3. The summed E-state index contributed by atoms with van der Waals surface area (Å²) in [5.41, 5.74) is 1.67. The van der Waals surface area contributed by atoms with Gasteiger partial charge < -0.3 is 9.15 Å². The summed E-state index contributed by atoms with van der Waals surface area (Å²) in [5.74, 6) is 1.06. The summed E-state index contributed by atoms with van der Waals surface area (Å²) in [7, 11) is -1.77. The van der Waals surface area contributed by atoms with E-state index in [2.05, 4.69) is 14.9 Å². The van der Waals surface area contributed by atoms with Crippen molar-refractivity contribution in [2.75, 3.05) is 23.3 Å². The van der Waals surface area contributed by atoms with Gasteiger partial charge in [0.25, 0.3) is 5.22 Å². The highest BCUT2D eigenvalue weighted by Gasteiger charge is 2.13. The third-order valence-corrected chi connectivity index (χ3v) is 6.06. The quantitative estimate of drug-likeness (QED) is 0.403. The molecule has 10 heteroatoms. The summed E-state index contributed by atoms with van der Waals surface area (Å²) in [5, 5.41) is 8.20. The van der Waals surface area contributed by atoms with E-state index < -0.39 is 10.0 Å². The highest BCUT2D eigenvalue weighted by atomic mass is 32.2. The molecule has 1 N–H and O–H groups in total. The molecule has 2 aromatic carbocycles. The zero-order chi connectivity index (χ0) is 20.9. The van der Waals surface area contributed by atoms with Gasteiger partial charge in [0.15, 0.2) is 5.78 Å². The second kappa shape index (κ2) is 9.10. The van der Waals surface area contributed by atoms with Crippen molar-refractivity contribution >= 4 is 33.3 Å². The molecular formula is C19H19N3O5S2. The summed E-state index contributed by atoms with van der Waals surface area (Å²) in [6.07, 6.45) is 0. The van der Waals surface area contributed by atoms with Gasteiger partial charge in [-0.1, -0.05) is 11.8 Å². The molecule has 0 bridgehead atoms. The number of aromatic nitrogens is 2. The molecule has 0 aliphatic heterocycles. The number of ketones is 1. The maximum absolute atomic E-state index is 12.3. The van der Waals surface area contributed by atoms with E-state index in [1.54, 1.807) is 62.6 Å². The van der Waals surface area contributed by atoms with Gasteiger partial charge in [-0.15, -0.1) is 10.2 Å². The molecule has 0 fully saturated rings. The number of methoxy groups -OCH3 is 1. The van der Waals surface area contributed by atoms with Crippen molar-refractivity contribution in [3.63, 3.8) is 0 Å². The van der Waals surface area contributed by atoms with Crippen LogP contribution in [-0.2, 0) is 10.0 Å². The number of sulfonamides is 1. The molecular weight excluding hydrogens is 414 g/mol. The third-order valence-electron chi connectivity index (χ3n) is 3.93. The highest BCUT2D eigenvalue weighted by molar-refractivity contribution is 7.99. The molecule has 0 saturated carbocycles. The van der Waals surface area contributed by atoms with Gasteiger partial charge in [-0.25, -0.2) is 8.42 Å². The lowest BCUT2D eigenvalue weighted by Gasteiger charge is -2.05. The molecule has 0 radical (unpaired) electrons. The lowest BCUT2D eigenvalue weighted by Crippen LogP contribution is -2.14. The van der Waals surface area contributed by atoms with Crippen LogP contribution in [0.4, 0.5) is 5.69 Å². The van der Waals surface area contributed by atoms with Crippen LogP contribution in [0.2, 0.25) is 0 Å². The van der Waals surface area contributed by atoms with Crippen LogP contribution >= 0.6 is 11.8 Å². The Bertz CT molecular complexity index is 1080. The Labute approximate surface area is 172 Å². The fourth-order valence-electron chi connectivity index (χ4n) is 2.30. The minimum atomic E-state index is -3.33. The summed E-state index contributed by atoms with van der Waals surface area (Å²) in [6.45, 7) is 1.56. The van der Waals surface area contributed by atoms with E-state index in [0.29, 0.717) is 22.6 Å². The van der Waals surface area contributed by atoms with E-state index in [9.17, 15) is 13.2 Å². The molecule has 1 heterocycles. The second-order valence-electron chi connectivity index (χ2n) is 5.90. The number of carbonyl (C=O) groups excluding carboxylic acids is 1. The summed E-state index contributed by atoms with van der Waals surface area (Å²) in [6, 6.07) is 13.5. The molecule has 0 atom stereocenters. The number of hydrogen-bond acceptors (Lipinski definition) is 8. The van der Waals surface area contributed by atoms with Crippen LogP contribution in [0.5, 0.6) is 5.75 Å². The monoisotopic (exact) mass is 433 g/mol. The van der Waals surface area contributed by atoms with Crippen LogP contribution in [0.25, 0.3) is 11.5 Å². The topological polar surface area (TPSA) is 111 Å². The molecule has 0 aliphatic carbocycles. The van der Waals surface area contributed by atoms with E-state index in [1.165, 1.54) is 0 Å². The first-order valence-electron chi connectivity index (χ1n) is 8.64. The predicted octanol–water partition coefficient (Wildman–Crippen LogP) is 3.48. The number of rotatable bonds is 9. The van der Waals surface area contributed by atoms with Gasteiger partial charge in [0, 0.05) is 16.8 Å². The molecule has 3 rings (SSSR count). The maximum atomic E-state index is 12.3. The lowest BCUT2D eigenvalue weighted by molar-refractivity contribution is 0.102. The number of ether oxygens (including phenoxy) is 1. The van der Waals surface area contributed by atoms with Crippen LogP contribution in [0.3, 0.4) is 0 Å². The molecule has 0 spiro atoms. The molecule has 29 heavy (non-hydrogen) atoms. The third kappa shape index (κ3) is 5.58. The Morgan fingerprint density at radius 2 is 1.79 bits per heavy atom. The standard InChI is InChI=1S/C19H19N3O5S2/c1-3-29(24,25)22-15-8-4-14(5-9-15)18-20-21-19(27-18)28-12-17(23)13-6-10-16(26-2)11-7-13/h4-11,22H,3,12H2,1-2H3. The number of carbonyl (C=O) groups is 1. The van der Waals surface area contributed by atoms with Crippen molar-refractivity contribution in [2.45, 2.75) is 12.1 Å². The van der Waals surface area contributed by atoms with Crippen molar-refractivity contribution in [3.8, 4) is 17.2 Å². The Morgan fingerprint density at radius 1 is 1.10 bits per heavy atom. The van der Waals surface area contributed by atoms with Crippen molar-refractivity contribution in [1.29, 1.82) is 0 Å². The number of nitrogens with zero attached hydrogens (tertiary/aromatic N) is 2. The van der Waals surface area contributed by atoms with Crippen LogP contribution in [0.1, 0.15) is 17.3 Å². The first kappa shape index (κ1) is 20.9. The van der Waals surface area contributed by atoms with Gasteiger partial charge in [0.1, 0.15) is 5.75 Å². The Hall–Kier alpha value is -2.85. The number of benzene rings is 2. The Morgan fingerprint density at radius 3 is 2.41 bits per heavy atom. The SMILES string of the molecule is CCS(=O)(=O)Nc1ccc(-c2nnc(SCC(=O)c3ccc(OC)cc3)o2)cc1. The average molecular weight is 434 g/mol. The number of hydrogen-bond donors (Lipinski definition) is 1. The van der Waals surface area contributed by atoms with Crippen LogP contribution in [-0.4, -0.2) is 43.0 Å². The van der Waals surface area contributed by atoms with Crippen LogP contribution in [0, 0.1) is 0 Å². The largest absolute Gasteiger partial charge is 0.497 e. The summed E-state index contributed by atoms with van der Waals surface area (Å²) in [4.78, 5) is 12.3. The molecule has 0 amide bonds. The van der Waals surface area contributed by atoms with Crippen LogP contribution in [0.15, 0.2) is 58.2 Å². The van der Waals surface area contributed by atoms with Gasteiger partial charge in [-0.3, -0.25) is 9.52 Å². The first-order valence-corrected chi connectivity index (χ1v) is 11.3. The zero-order valence-corrected chi connectivity index (χ0v) is 17.4. The van der Waals surface area contributed by atoms with E-state index in [4.69, 9.17) is 9.15 Å². The smallest absolute Gasteiger partial charge is 0.277 e. The number of anilines is 1. The molecule has 1 aromatic heterocycles. The van der Waals surface area contributed by atoms with E-state index in [1.807, 2.05) is 0 Å². The number of nitrogens with one attached hydrogen (secondary N) is 1. The average Bonchev–Trinajstić information content (AvgIpc) is 3.21. The summed E-state index contributed by atoms with van der Waals surface area (Å²) >= 11 is 1.15. The van der Waals surface area contributed by atoms with E-state index >= 15 is 0 Å². The molecule has 152 valence electrons. The van der Waals surface area contributed by atoms with Gasteiger partial charge in [0.2, 0.25) is 15.9 Å². The highest BCUT2D eigenvalue weighted by Crippen LogP contribution is 2.25. The fraction of sp³-hybridized carbons (Fsp3) is 0.211.